The zero-order chi connectivity index (χ0) is 13.9. The van der Waals surface area contributed by atoms with E-state index in [1.54, 1.807) is 12.1 Å². The second kappa shape index (κ2) is 6.10. The molecular weight excluding hydrogens is 255 g/mol. The Balaban J connectivity index is 1.73. The minimum Gasteiger partial charge on any atom is -0.396 e. The third kappa shape index (κ3) is 3.13. The quantitative estimate of drug-likeness (QED) is 0.838. The molecule has 1 saturated carbocycles. The number of aliphatic hydroxyl groups is 1. The molecule has 1 atom stereocenters. The predicted molar refractivity (Wildman–Crippen MR) is 78.3 cm³/mol. The molecule has 3 nitrogen and oxygen atoms in total. The number of halogens is 1. The van der Waals surface area contributed by atoms with Gasteiger partial charge in [-0.2, -0.15) is 0 Å². The average Bonchev–Trinajstić information content (AvgIpc) is 3.16. The van der Waals surface area contributed by atoms with Crippen LogP contribution in [-0.4, -0.2) is 30.8 Å². The van der Waals surface area contributed by atoms with Crippen LogP contribution in [0.4, 0.5) is 10.1 Å². The van der Waals surface area contributed by atoms with Gasteiger partial charge in [0.25, 0.3) is 0 Å². The molecule has 1 aromatic rings. The normalized spacial score (nSPS) is 22.5. The number of hydrogen-bond acceptors (Lipinski definition) is 3. The molecule has 1 saturated heterocycles. The summed E-state index contributed by atoms with van der Waals surface area (Å²) in [7, 11) is 0. The van der Waals surface area contributed by atoms with Gasteiger partial charge in [-0.05, 0) is 43.2 Å². The lowest BCUT2D eigenvalue weighted by atomic mass is 10.1. The second-order valence-electron chi connectivity index (χ2n) is 6.02. The van der Waals surface area contributed by atoms with Crippen LogP contribution in [0.25, 0.3) is 0 Å². The van der Waals surface area contributed by atoms with E-state index in [4.69, 9.17) is 5.11 Å². The Morgan fingerprint density at radius 2 is 2.15 bits per heavy atom. The van der Waals surface area contributed by atoms with Gasteiger partial charge >= 0.3 is 0 Å². The van der Waals surface area contributed by atoms with Crippen molar-refractivity contribution in [3.05, 3.63) is 29.6 Å². The summed E-state index contributed by atoms with van der Waals surface area (Å²) >= 11 is 0. The highest BCUT2D eigenvalue weighted by atomic mass is 19.1. The van der Waals surface area contributed by atoms with Crippen molar-refractivity contribution in [3.8, 4) is 0 Å². The summed E-state index contributed by atoms with van der Waals surface area (Å²) in [5.41, 5.74) is 1.82. The van der Waals surface area contributed by atoms with Crippen molar-refractivity contribution in [2.24, 2.45) is 5.92 Å². The number of para-hydroxylation sites is 1. The van der Waals surface area contributed by atoms with E-state index >= 15 is 0 Å². The van der Waals surface area contributed by atoms with Crippen LogP contribution in [0.2, 0.25) is 0 Å². The maximum Gasteiger partial charge on any atom is 0.146 e. The van der Waals surface area contributed by atoms with Gasteiger partial charge in [0.15, 0.2) is 0 Å². The zero-order valence-electron chi connectivity index (χ0n) is 11.8. The number of nitrogens with zero attached hydrogens (tertiary/aromatic N) is 1. The van der Waals surface area contributed by atoms with Gasteiger partial charge in [0, 0.05) is 32.3 Å². The topological polar surface area (TPSA) is 35.5 Å². The molecule has 20 heavy (non-hydrogen) atoms. The van der Waals surface area contributed by atoms with E-state index in [-0.39, 0.29) is 12.4 Å². The number of nitrogens with one attached hydrogen (secondary N) is 1. The lowest BCUT2D eigenvalue weighted by Crippen LogP contribution is -2.25. The predicted octanol–water partition coefficient (Wildman–Crippen LogP) is 2.29. The van der Waals surface area contributed by atoms with Crippen molar-refractivity contribution in [2.45, 2.75) is 38.3 Å². The molecule has 0 spiro atoms. The van der Waals surface area contributed by atoms with Crippen molar-refractivity contribution in [1.29, 1.82) is 0 Å². The van der Waals surface area contributed by atoms with Gasteiger partial charge in [0.2, 0.25) is 0 Å². The van der Waals surface area contributed by atoms with Crippen LogP contribution in [0.5, 0.6) is 0 Å². The zero-order valence-corrected chi connectivity index (χ0v) is 11.8. The third-order valence-electron chi connectivity index (χ3n) is 4.37. The van der Waals surface area contributed by atoms with Crippen LogP contribution in [-0.2, 0) is 6.54 Å². The van der Waals surface area contributed by atoms with Crippen molar-refractivity contribution >= 4 is 5.69 Å². The standard InChI is InChI=1S/C16H23FN2O/c17-15-3-1-2-13(10-18-14-4-5-14)16(15)19-8-6-12(11-19)7-9-20/h1-3,12,14,18,20H,4-11H2. The van der Waals surface area contributed by atoms with Crippen molar-refractivity contribution < 1.29 is 9.50 Å². The first-order valence-corrected chi connectivity index (χ1v) is 7.64. The first-order chi connectivity index (χ1) is 9.78. The second-order valence-corrected chi connectivity index (χ2v) is 6.02. The minimum atomic E-state index is -0.121. The van der Waals surface area contributed by atoms with Crippen LogP contribution >= 0.6 is 0 Å². The molecule has 4 heteroatoms. The number of anilines is 1. The Kier molecular flexibility index (Phi) is 4.22. The third-order valence-corrected chi connectivity index (χ3v) is 4.37. The van der Waals surface area contributed by atoms with Gasteiger partial charge < -0.3 is 15.3 Å². The molecule has 0 aromatic heterocycles. The van der Waals surface area contributed by atoms with E-state index in [2.05, 4.69) is 10.2 Å². The van der Waals surface area contributed by atoms with E-state index in [1.807, 2.05) is 6.07 Å². The Labute approximate surface area is 119 Å². The fourth-order valence-corrected chi connectivity index (χ4v) is 3.05. The SMILES string of the molecule is OCCC1CCN(c2c(F)cccc2CNC2CC2)C1. The van der Waals surface area contributed by atoms with Gasteiger partial charge in [-0.1, -0.05) is 12.1 Å². The lowest BCUT2D eigenvalue weighted by Gasteiger charge is -2.23. The molecule has 2 N–H and O–H groups in total. The molecule has 0 amide bonds. The monoisotopic (exact) mass is 278 g/mol. The molecule has 1 unspecified atom stereocenters. The maximum absolute atomic E-state index is 14.2. The molecule has 110 valence electrons. The summed E-state index contributed by atoms with van der Waals surface area (Å²) < 4.78 is 14.2. The van der Waals surface area contributed by atoms with Gasteiger partial charge in [0.1, 0.15) is 5.82 Å². The summed E-state index contributed by atoms with van der Waals surface area (Å²) in [5, 5.41) is 12.5. The van der Waals surface area contributed by atoms with Gasteiger partial charge in [-0.3, -0.25) is 0 Å². The van der Waals surface area contributed by atoms with Crippen molar-refractivity contribution in [2.75, 3.05) is 24.6 Å². The van der Waals surface area contributed by atoms with Gasteiger partial charge in [0.05, 0.1) is 5.69 Å². The lowest BCUT2D eigenvalue weighted by molar-refractivity contribution is 0.263. The van der Waals surface area contributed by atoms with Gasteiger partial charge in [-0.15, -0.1) is 0 Å². The molecule has 1 aliphatic heterocycles. The highest BCUT2D eigenvalue weighted by Gasteiger charge is 2.27. The maximum atomic E-state index is 14.2. The Morgan fingerprint density at radius 1 is 1.30 bits per heavy atom. The highest BCUT2D eigenvalue weighted by Crippen LogP contribution is 2.31. The molecule has 1 aromatic carbocycles. The summed E-state index contributed by atoms with van der Waals surface area (Å²) in [6.45, 7) is 2.73. The van der Waals surface area contributed by atoms with Crippen LogP contribution in [0.15, 0.2) is 18.2 Å². The van der Waals surface area contributed by atoms with E-state index in [0.717, 1.165) is 43.7 Å². The number of benzene rings is 1. The summed E-state index contributed by atoms with van der Waals surface area (Å²) in [5.74, 6) is 0.369. The fourth-order valence-electron chi connectivity index (χ4n) is 3.05. The van der Waals surface area contributed by atoms with E-state index in [1.165, 1.54) is 12.8 Å². The van der Waals surface area contributed by atoms with Gasteiger partial charge in [-0.25, -0.2) is 4.39 Å². The largest absolute Gasteiger partial charge is 0.396 e. The first kappa shape index (κ1) is 13.8. The molecule has 1 heterocycles. The molecule has 3 rings (SSSR count). The van der Waals surface area contributed by atoms with E-state index in [0.29, 0.717) is 12.0 Å². The summed E-state index contributed by atoms with van der Waals surface area (Å²) in [6, 6.07) is 6.00. The van der Waals surface area contributed by atoms with E-state index in [9.17, 15) is 4.39 Å². The molecule has 0 radical (unpaired) electrons. The molecular formula is C16H23FN2O. The van der Waals surface area contributed by atoms with E-state index < -0.39 is 0 Å². The number of hydrogen-bond donors (Lipinski definition) is 2. The molecule has 2 aliphatic rings. The summed E-state index contributed by atoms with van der Waals surface area (Å²) in [4.78, 5) is 2.15. The minimum absolute atomic E-state index is 0.121. The molecule has 0 bridgehead atoms. The van der Waals surface area contributed by atoms with Crippen molar-refractivity contribution in [3.63, 3.8) is 0 Å². The van der Waals surface area contributed by atoms with Crippen LogP contribution in [0.1, 0.15) is 31.2 Å². The molecule has 2 fully saturated rings. The Morgan fingerprint density at radius 3 is 2.90 bits per heavy atom. The van der Waals surface area contributed by atoms with Crippen LogP contribution < -0.4 is 10.2 Å². The Bertz CT molecular complexity index is 462. The van der Waals surface area contributed by atoms with Crippen molar-refractivity contribution in [1.82, 2.24) is 5.32 Å². The number of rotatable bonds is 6. The smallest absolute Gasteiger partial charge is 0.146 e. The molecule has 1 aliphatic carbocycles. The summed E-state index contributed by atoms with van der Waals surface area (Å²) in [6.07, 6.45) is 4.35. The highest BCUT2D eigenvalue weighted by molar-refractivity contribution is 5.55. The fraction of sp³-hybridized carbons (Fsp3) is 0.625. The van der Waals surface area contributed by atoms with Crippen LogP contribution in [0.3, 0.4) is 0 Å². The average molecular weight is 278 g/mol. The first-order valence-electron chi connectivity index (χ1n) is 7.64. The number of aliphatic hydroxyl groups excluding tert-OH is 1. The van der Waals surface area contributed by atoms with Crippen LogP contribution in [0, 0.1) is 11.7 Å². The Hall–Kier alpha value is -1.13.